The van der Waals surface area contributed by atoms with Gasteiger partial charge in [0.2, 0.25) is 0 Å². The normalized spacial score (nSPS) is 13.0. The van der Waals surface area contributed by atoms with E-state index >= 15 is 0 Å². The molecule has 22 heavy (non-hydrogen) atoms. The Kier molecular flexibility index (Phi) is 5.87. The van der Waals surface area contributed by atoms with Crippen molar-refractivity contribution in [2.24, 2.45) is 0 Å². The summed E-state index contributed by atoms with van der Waals surface area (Å²) in [4.78, 5) is 21.4. The molecule has 128 valence electrons. The Labute approximate surface area is 115 Å². The molecule has 0 aromatic carbocycles. The molecule has 0 aromatic rings. The molecule has 0 atom stereocenters. The molecule has 0 saturated heterocycles. The van der Waals surface area contributed by atoms with Crippen molar-refractivity contribution < 1.29 is 58.6 Å². The molecule has 0 spiro atoms. The van der Waals surface area contributed by atoms with Gasteiger partial charge in [0, 0.05) is 0 Å². The third kappa shape index (κ3) is 6.22. The van der Waals surface area contributed by atoms with Crippen molar-refractivity contribution >= 4 is 11.9 Å². The summed E-state index contributed by atoms with van der Waals surface area (Å²) in [5.41, 5.74) is -2.11. The summed E-state index contributed by atoms with van der Waals surface area (Å²) in [7, 11) is 0. The molecular formula is C9H5F9O4. The number of hydrogen-bond donors (Lipinski definition) is 0. The maximum atomic E-state index is 12.0. The van der Waals surface area contributed by atoms with Crippen molar-refractivity contribution in [1.29, 1.82) is 0 Å². The van der Waals surface area contributed by atoms with Gasteiger partial charge in [-0.3, -0.25) is 0 Å². The lowest BCUT2D eigenvalue weighted by molar-refractivity contribution is -0.313. The molecule has 0 unspecified atom stereocenters. The summed E-state index contributed by atoms with van der Waals surface area (Å²) in [5, 5.41) is 0. The first-order chi connectivity index (χ1) is 9.56. The molecule has 0 bridgehead atoms. The van der Waals surface area contributed by atoms with E-state index in [0.29, 0.717) is 0 Å². The molecule has 0 N–H and O–H groups in total. The van der Waals surface area contributed by atoms with Gasteiger partial charge in [0.05, 0.1) is 0 Å². The third-order valence-corrected chi connectivity index (χ3v) is 1.75. The van der Waals surface area contributed by atoms with Gasteiger partial charge in [-0.15, -0.1) is 0 Å². The Balaban J connectivity index is 4.70. The van der Waals surface area contributed by atoms with Gasteiger partial charge in [-0.25, -0.2) is 9.59 Å². The van der Waals surface area contributed by atoms with Crippen LogP contribution in [0.25, 0.3) is 0 Å². The summed E-state index contributed by atoms with van der Waals surface area (Å²) in [6.45, 7) is 0.339. The Morgan fingerprint density at radius 2 is 1.32 bits per heavy atom. The van der Waals surface area contributed by atoms with E-state index in [9.17, 15) is 49.1 Å². The van der Waals surface area contributed by atoms with Gasteiger partial charge in [0.1, 0.15) is 5.57 Å². The number of hydrogen-bond acceptors (Lipinski definition) is 4. The van der Waals surface area contributed by atoms with E-state index in [-0.39, 0.29) is 0 Å². The highest BCUT2D eigenvalue weighted by Gasteiger charge is 2.59. The predicted octanol–water partition coefficient (Wildman–Crippen LogP) is 2.68. The zero-order chi connectivity index (χ0) is 17.9. The van der Waals surface area contributed by atoms with E-state index in [1.807, 2.05) is 0 Å². The molecule has 13 heteroatoms. The Morgan fingerprint density at radius 1 is 0.909 bits per heavy atom. The highest BCUT2D eigenvalue weighted by atomic mass is 19.4. The van der Waals surface area contributed by atoms with Crippen molar-refractivity contribution in [2.45, 2.75) is 24.6 Å². The minimum Gasteiger partial charge on any atom is -0.450 e. The van der Waals surface area contributed by atoms with Crippen LogP contribution in [0.5, 0.6) is 0 Å². The van der Waals surface area contributed by atoms with Crippen LogP contribution in [0.15, 0.2) is 12.2 Å². The van der Waals surface area contributed by atoms with E-state index in [1.165, 1.54) is 0 Å². The van der Waals surface area contributed by atoms with E-state index in [2.05, 4.69) is 16.1 Å². The molecule has 0 aliphatic heterocycles. The highest BCUT2D eigenvalue weighted by molar-refractivity contribution is 5.90. The monoisotopic (exact) mass is 348 g/mol. The quantitative estimate of drug-likeness (QED) is 0.445. The lowest BCUT2D eigenvalue weighted by Gasteiger charge is -2.22. The van der Waals surface area contributed by atoms with Crippen LogP contribution in [0.2, 0.25) is 0 Å². The number of carbonyl (C=O) groups excluding carboxylic acids is 2. The molecule has 0 amide bonds. The second-order valence-electron chi connectivity index (χ2n) is 3.51. The van der Waals surface area contributed by atoms with Crippen LogP contribution in [0.3, 0.4) is 0 Å². The lowest BCUT2D eigenvalue weighted by atomic mass is 10.3. The van der Waals surface area contributed by atoms with E-state index in [1.54, 1.807) is 0 Å². The minimum absolute atomic E-state index is 1.89. The maximum absolute atomic E-state index is 12.0. The largest absolute Gasteiger partial charge is 0.450 e. The third-order valence-electron chi connectivity index (χ3n) is 1.75. The molecule has 4 nitrogen and oxygen atoms in total. The minimum atomic E-state index is -6.01. The van der Waals surface area contributed by atoms with Crippen LogP contribution >= 0.6 is 0 Å². The van der Waals surface area contributed by atoms with E-state index in [4.69, 9.17) is 0 Å². The Morgan fingerprint density at radius 3 is 1.64 bits per heavy atom. The number of esters is 2. The summed E-state index contributed by atoms with van der Waals surface area (Å²) < 4.78 is 114. The molecule has 0 radical (unpaired) electrons. The Bertz CT molecular complexity index is 431. The fourth-order valence-corrected chi connectivity index (χ4v) is 0.812. The Hall–Kier alpha value is -1.95. The lowest BCUT2D eigenvalue weighted by Crippen LogP contribution is -2.46. The average Bonchev–Trinajstić information content (AvgIpc) is 2.27. The fourth-order valence-electron chi connectivity index (χ4n) is 0.812. The van der Waals surface area contributed by atoms with Crippen LogP contribution in [-0.4, -0.2) is 43.2 Å². The van der Waals surface area contributed by atoms with Crippen LogP contribution in [-0.2, 0) is 19.1 Å². The number of alkyl halides is 9. The van der Waals surface area contributed by atoms with Gasteiger partial charge < -0.3 is 9.47 Å². The number of rotatable bonds is 4. The summed E-state index contributed by atoms with van der Waals surface area (Å²) in [6.07, 6.45) is -21.8. The second kappa shape index (κ2) is 6.44. The molecular weight excluding hydrogens is 343 g/mol. The molecule has 0 heterocycles. The zero-order valence-electron chi connectivity index (χ0n) is 10.0. The van der Waals surface area contributed by atoms with Gasteiger partial charge in [-0.05, 0) is 0 Å². The summed E-state index contributed by atoms with van der Waals surface area (Å²) in [6, 6.07) is 0. The standard InChI is InChI=1S/C9H5F9O4/c1-3(7(10,11)12)5(20)21-2-4(19)22-6(8(13,14)15)9(16,17)18/h6H,1-2H2. The van der Waals surface area contributed by atoms with Crippen LogP contribution in [0.1, 0.15) is 0 Å². The molecule has 0 saturated carbocycles. The first-order valence-electron chi connectivity index (χ1n) is 4.83. The van der Waals surface area contributed by atoms with Crippen molar-refractivity contribution in [3.8, 4) is 0 Å². The molecule has 0 fully saturated rings. The summed E-state index contributed by atoms with van der Waals surface area (Å²) >= 11 is 0. The SMILES string of the molecule is C=C(C(=O)OCC(=O)OC(C(F)(F)F)C(F)(F)F)C(F)(F)F. The van der Waals surface area contributed by atoms with Gasteiger partial charge >= 0.3 is 30.5 Å². The number of halogens is 9. The first-order valence-corrected chi connectivity index (χ1v) is 4.83. The molecule has 0 aliphatic carbocycles. The average molecular weight is 348 g/mol. The fraction of sp³-hybridized carbons (Fsp3) is 0.556. The number of ether oxygens (including phenoxy) is 2. The molecule has 0 rings (SSSR count). The summed E-state index contributed by atoms with van der Waals surface area (Å²) in [5.74, 6) is -4.59. The van der Waals surface area contributed by atoms with E-state index < -0.39 is 48.8 Å². The highest BCUT2D eigenvalue weighted by Crippen LogP contribution is 2.35. The van der Waals surface area contributed by atoms with Crippen LogP contribution < -0.4 is 0 Å². The number of carbonyl (C=O) groups is 2. The molecule has 0 aliphatic rings. The van der Waals surface area contributed by atoms with Crippen LogP contribution in [0.4, 0.5) is 39.5 Å². The van der Waals surface area contributed by atoms with Gasteiger partial charge in [-0.1, -0.05) is 6.58 Å². The van der Waals surface area contributed by atoms with Crippen LogP contribution in [0, 0.1) is 0 Å². The van der Waals surface area contributed by atoms with Crippen molar-refractivity contribution in [3.05, 3.63) is 12.2 Å². The van der Waals surface area contributed by atoms with Gasteiger partial charge in [0.25, 0.3) is 6.10 Å². The van der Waals surface area contributed by atoms with Gasteiger partial charge in [-0.2, -0.15) is 39.5 Å². The van der Waals surface area contributed by atoms with Gasteiger partial charge in [0.15, 0.2) is 6.61 Å². The predicted molar refractivity (Wildman–Crippen MR) is 48.1 cm³/mol. The second-order valence-corrected chi connectivity index (χ2v) is 3.51. The topological polar surface area (TPSA) is 52.6 Å². The van der Waals surface area contributed by atoms with Crippen molar-refractivity contribution in [2.75, 3.05) is 6.61 Å². The maximum Gasteiger partial charge on any atom is 0.434 e. The van der Waals surface area contributed by atoms with E-state index in [0.717, 1.165) is 0 Å². The smallest absolute Gasteiger partial charge is 0.434 e. The zero-order valence-corrected chi connectivity index (χ0v) is 10.0. The van der Waals surface area contributed by atoms with Crippen molar-refractivity contribution in [1.82, 2.24) is 0 Å². The van der Waals surface area contributed by atoms with Crippen molar-refractivity contribution in [3.63, 3.8) is 0 Å². The first kappa shape index (κ1) is 20.1. The molecule has 0 aromatic heterocycles.